The molecule has 1 aromatic heterocycles. The molecule has 4 rings (SSSR count). The molecule has 33 heavy (non-hydrogen) atoms. The third kappa shape index (κ3) is 5.33. The molecule has 2 aromatic carbocycles. The molecule has 1 N–H and O–H groups in total. The lowest BCUT2D eigenvalue weighted by Gasteiger charge is -2.26. The van der Waals surface area contributed by atoms with E-state index in [0.717, 1.165) is 0 Å². The fourth-order valence-electron chi connectivity index (χ4n) is 3.23. The molecule has 0 aliphatic carbocycles. The number of ether oxygens (including phenoxy) is 2. The van der Waals surface area contributed by atoms with Crippen LogP contribution in [0, 0.1) is 6.92 Å². The maximum absolute atomic E-state index is 13.0. The van der Waals surface area contributed by atoms with Gasteiger partial charge < -0.3 is 19.3 Å². The maximum atomic E-state index is 13.0. The Kier molecular flexibility index (Phi) is 6.94. The van der Waals surface area contributed by atoms with Gasteiger partial charge in [-0.15, -0.1) is 0 Å². The molecule has 174 valence electrons. The molecule has 12 heteroatoms. The van der Waals surface area contributed by atoms with Crippen molar-refractivity contribution < 1.29 is 27.2 Å². The van der Waals surface area contributed by atoms with Crippen LogP contribution in [0.5, 0.6) is 5.75 Å². The first-order valence-corrected chi connectivity index (χ1v) is 11.9. The first kappa shape index (κ1) is 23.2. The van der Waals surface area contributed by atoms with Gasteiger partial charge in [-0.1, -0.05) is 28.9 Å². The summed E-state index contributed by atoms with van der Waals surface area (Å²) in [7, 11) is -3.84. The standard InChI is InChI=1S/C21H21ClN4O6S/c1-14-23-20(25-32-14)13-31-18-5-3-2-4-16(18)21(27)24-15-6-7-17(22)19(12-15)33(28,29)26-8-10-30-11-9-26/h2-7,12H,8-11,13H2,1H3,(H,24,27). The molecule has 0 radical (unpaired) electrons. The van der Waals surface area contributed by atoms with Crippen LogP contribution in [0.2, 0.25) is 5.02 Å². The second kappa shape index (κ2) is 9.87. The molecule has 0 saturated carbocycles. The van der Waals surface area contributed by atoms with Gasteiger partial charge >= 0.3 is 0 Å². The van der Waals surface area contributed by atoms with Crippen LogP contribution < -0.4 is 10.1 Å². The van der Waals surface area contributed by atoms with Crippen molar-refractivity contribution in [3.8, 4) is 5.75 Å². The lowest BCUT2D eigenvalue weighted by Crippen LogP contribution is -2.40. The van der Waals surface area contributed by atoms with Crippen LogP contribution in [-0.2, 0) is 21.4 Å². The number of halogens is 1. The summed E-state index contributed by atoms with van der Waals surface area (Å²) in [6.07, 6.45) is 0. The number of nitrogens with one attached hydrogen (secondary N) is 1. The second-order valence-corrected chi connectivity index (χ2v) is 9.44. The van der Waals surface area contributed by atoms with E-state index in [0.29, 0.717) is 30.7 Å². The smallest absolute Gasteiger partial charge is 0.259 e. The monoisotopic (exact) mass is 492 g/mol. The van der Waals surface area contributed by atoms with Gasteiger partial charge in [-0.3, -0.25) is 4.79 Å². The van der Waals surface area contributed by atoms with Gasteiger partial charge in [-0.2, -0.15) is 9.29 Å². The normalized spacial score (nSPS) is 14.7. The molecule has 0 unspecified atom stereocenters. The summed E-state index contributed by atoms with van der Waals surface area (Å²) < 4.78 is 43.2. The Morgan fingerprint density at radius 1 is 1.21 bits per heavy atom. The number of morpholine rings is 1. The molecule has 0 atom stereocenters. The Balaban J connectivity index is 1.53. The van der Waals surface area contributed by atoms with Gasteiger partial charge in [0.1, 0.15) is 10.6 Å². The average Bonchev–Trinajstić information content (AvgIpc) is 3.24. The Morgan fingerprint density at radius 3 is 2.70 bits per heavy atom. The van der Waals surface area contributed by atoms with Gasteiger partial charge in [0.15, 0.2) is 6.61 Å². The number of hydrogen-bond acceptors (Lipinski definition) is 8. The van der Waals surface area contributed by atoms with E-state index < -0.39 is 15.9 Å². The van der Waals surface area contributed by atoms with E-state index in [1.54, 1.807) is 31.2 Å². The highest BCUT2D eigenvalue weighted by atomic mass is 35.5. The Morgan fingerprint density at radius 2 is 1.97 bits per heavy atom. The molecule has 2 heterocycles. The van der Waals surface area contributed by atoms with Crippen molar-refractivity contribution >= 4 is 33.2 Å². The molecule has 10 nitrogen and oxygen atoms in total. The molecule has 1 aliphatic heterocycles. The van der Waals surface area contributed by atoms with Crippen LogP contribution in [0.4, 0.5) is 5.69 Å². The van der Waals surface area contributed by atoms with E-state index in [-0.39, 0.29) is 40.9 Å². The highest BCUT2D eigenvalue weighted by Crippen LogP contribution is 2.29. The molecular weight excluding hydrogens is 472 g/mol. The number of anilines is 1. The molecule has 1 fully saturated rings. The lowest BCUT2D eigenvalue weighted by atomic mass is 10.2. The molecule has 1 amide bonds. The van der Waals surface area contributed by atoms with Crippen molar-refractivity contribution in [2.45, 2.75) is 18.4 Å². The van der Waals surface area contributed by atoms with Gasteiger partial charge in [0.05, 0.1) is 23.8 Å². The first-order chi connectivity index (χ1) is 15.8. The number of benzene rings is 2. The summed E-state index contributed by atoms with van der Waals surface area (Å²) >= 11 is 6.19. The zero-order valence-corrected chi connectivity index (χ0v) is 19.2. The van der Waals surface area contributed by atoms with Crippen molar-refractivity contribution in [2.75, 3.05) is 31.6 Å². The first-order valence-electron chi connectivity index (χ1n) is 10.0. The third-order valence-electron chi connectivity index (χ3n) is 4.84. The molecule has 1 aliphatic rings. The van der Waals surface area contributed by atoms with Crippen molar-refractivity contribution in [1.29, 1.82) is 0 Å². The quantitative estimate of drug-likeness (QED) is 0.534. The number of sulfonamides is 1. The Hall–Kier alpha value is -2.99. The minimum absolute atomic E-state index is 0.0184. The highest BCUT2D eigenvalue weighted by Gasteiger charge is 2.29. The topological polar surface area (TPSA) is 124 Å². The Bertz CT molecular complexity index is 1260. The van der Waals surface area contributed by atoms with Crippen LogP contribution in [0.3, 0.4) is 0 Å². The molecule has 0 spiro atoms. The predicted molar refractivity (Wildman–Crippen MR) is 119 cm³/mol. The van der Waals surface area contributed by atoms with Crippen LogP contribution in [0.1, 0.15) is 22.1 Å². The number of carbonyl (C=O) groups is 1. The van der Waals surface area contributed by atoms with Crippen molar-refractivity contribution in [3.63, 3.8) is 0 Å². The number of aromatic nitrogens is 2. The third-order valence-corrected chi connectivity index (χ3v) is 7.22. The van der Waals surface area contributed by atoms with Gasteiger partial charge in [0.2, 0.25) is 21.7 Å². The molecular formula is C21H21ClN4O6S. The highest BCUT2D eigenvalue weighted by molar-refractivity contribution is 7.89. The number of aryl methyl sites for hydroxylation is 1. The fraction of sp³-hybridized carbons (Fsp3) is 0.286. The molecule has 0 bridgehead atoms. The van der Waals surface area contributed by atoms with Crippen LogP contribution in [0.15, 0.2) is 51.9 Å². The zero-order chi connectivity index (χ0) is 23.4. The minimum Gasteiger partial charge on any atom is -0.485 e. The summed E-state index contributed by atoms with van der Waals surface area (Å²) in [5.41, 5.74) is 0.532. The summed E-state index contributed by atoms with van der Waals surface area (Å²) in [4.78, 5) is 16.9. The number of amides is 1. The van der Waals surface area contributed by atoms with E-state index >= 15 is 0 Å². The van der Waals surface area contributed by atoms with E-state index in [4.69, 9.17) is 25.6 Å². The summed E-state index contributed by atoms with van der Waals surface area (Å²) in [6.45, 7) is 2.78. The van der Waals surface area contributed by atoms with Gasteiger partial charge in [0, 0.05) is 25.7 Å². The van der Waals surface area contributed by atoms with Gasteiger partial charge in [-0.25, -0.2) is 8.42 Å². The molecule has 3 aromatic rings. The van der Waals surface area contributed by atoms with Crippen LogP contribution >= 0.6 is 11.6 Å². The van der Waals surface area contributed by atoms with Crippen molar-refractivity contribution in [2.24, 2.45) is 0 Å². The number of nitrogens with zero attached hydrogens (tertiary/aromatic N) is 3. The van der Waals surface area contributed by atoms with Gasteiger partial charge in [-0.05, 0) is 30.3 Å². The summed E-state index contributed by atoms with van der Waals surface area (Å²) in [5.74, 6) is 0.586. The number of para-hydroxylation sites is 1. The van der Waals surface area contributed by atoms with E-state index in [2.05, 4.69) is 15.5 Å². The van der Waals surface area contributed by atoms with E-state index in [9.17, 15) is 13.2 Å². The number of carbonyl (C=O) groups excluding carboxylic acids is 1. The average molecular weight is 493 g/mol. The Labute approximate surface area is 195 Å². The number of rotatable bonds is 7. The summed E-state index contributed by atoms with van der Waals surface area (Å²) in [5, 5.41) is 6.54. The maximum Gasteiger partial charge on any atom is 0.259 e. The zero-order valence-electron chi connectivity index (χ0n) is 17.7. The predicted octanol–water partition coefficient (Wildman–Crippen LogP) is 2.88. The second-order valence-electron chi connectivity index (χ2n) is 7.13. The van der Waals surface area contributed by atoms with Crippen LogP contribution in [-0.4, -0.2) is 55.1 Å². The SMILES string of the molecule is Cc1nc(COc2ccccc2C(=O)Nc2ccc(Cl)c(S(=O)(=O)N3CCOCC3)c2)no1. The van der Waals surface area contributed by atoms with Gasteiger partial charge in [0.25, 0.3) is 5.91 Å². The number of hydrogen-bond donors (Lipinski definition) is 1. The fourth-order valence-corrected chi connectivity index (χ4v) is 5.13. The molecule has 1 saturated heterocycles. The van der Waals surface area contributed by atoms with E-state index in [1.165, 1.54) is 22.5 Å². The van der Waals surface area contributed by atoms with Crippen LogP contribution in [0.25, 0.3) is 0 Å². The summed E-state index contributed by atoms with van der Waals surface area (Å²) in [6, 6.07) is 11.0. The minimum atomic E-state index is -3.84. The van der Waals surface area contributed by atoms with Crippen molar-refractivity contribution in [3.05, 3.63) is 64.8 Å². The van der Waals surface area contributed by atoms with Crippen molar-refractivity contribution in [1.82, 2.24) is 14.4 Å². The largest absolute Gasteiger partial charge is 0.485 e. The lowest BCUT2D eigenvalue weighted by molar-refractivity contribution is 0.0730. The van der Waals surface area contributed by atoms with E-state index in [1.807, 2.05) is 0 Å².